The molecular weight excluding hydrogens is 207 g/mol. The third kappa shape index (κ3) is 2.15. The number of aliphatic hydroxyl groups excluding tert-OH is 1. The number of hydrogen-bond donors (Lipinski definition) is 3. The molecule has 2 atom stereocenters. The Bertz CT molecular complexity index is 344. The molecule has 0 aliphatic rings. The van der Waals surface area contributed by atoms with Gasteiger partial charge in [0.05, 0.1) is 16.8 Å². The number of aliphatic hydroxyl groups is 1. The zero-order valence-electron chi connectivity index (χ0n) is 7.67. The van der Waals surface area contributed by atoms with Crippen molar-refractivity contribution in [2.45, 2.75) is 19.1 Å². The Morgan fingerprint density at radius 3 is 2.57 bits per heavy atom. The number of nitrogens with two attached hydrogens (primary N) is 2. The Labute approximate surface area is 86.5 Å². The van der Waals surface area contributed by atoms with Crippen molar-refractivity contribution in [3.8, 4) is 0 Å². The van der Waals surface area contributed by atoms with Crippen LogP contribution in [0.4, 0.5) is 10.1 Å². The first-order chi connectivity index (χ1) is 6.43. The van der Waals surface area contributed by atoms with Crippen molar-refractivity contribution in [1.82, 2.24) is 0 Å². The average Bonchev–Trinajstić information content (AvgIpc) is 2.09. The van der Waals surface area contributed by atoms with Crippen molar-refractivity contribution in [3.63, 3.8) is 0 Å². The predicted molar refractivity (Wildman–Crippen MR) is 54.4 cm³/mol. The van der Waals surface area contributed by atoms with Crippen LogP contribution in [-0.4, -0.2) is 11.1 Å². The van der Waals surface area contributed by atoms with Gasteiger partial charge >= 0.3 is 0 Å². The Kier molecular flexibility index (Phi) is 3.31. The maximum Gasteiger partial charge on any atom is 0.125 e. The largest absolute Gasteiger partial charge is 0.397 e. The van der Waals surface area contributed by atoms with Gasteiger partial charge in [0.1, 0.15) is 5.82 Å². The third-order valence-electron chi connectivity index (χ3n) is 1.94. The Balaban J connectivity index is 3.20. The Hall–Kier alpha value is -0.840. The van der Waals surface area contributed by atoms with E-state index in [1.807, 2.05) is 0 Å². The summed E-state index contributed by atoms with van der Waals surface area (Å²) in [5.41, 5.74) is 11.4. The predicted octanol–water partition coefficient (Wildman–Crippen LogP) is 1.44. The summed E-state index contributed by atoms with van der Waals surface area (Å²) < 4.78 is 12.9. The van der Waals surface area contributed by atoms with Crippen LogP contribution in [0, 0.1) is 5.82 Å². The summed E-state index contributed by atoms with van der Waals surface area (Å²) in [6, 6.07) is 1.69. The number of halogens is 2. The van der Waals surface area contributed by atoms with Crippen molar-refractivity contribution in [2.75, 3.05) is 5.73 Å². The van der Waals surface area contributed by atoms with Gasteiger partial charge in [-0.2, -0.15) is 0 Å². The minimum atomic E-state index is -1.01. The molecule has 78 valence electrons. The van der Waals surface area contributed by atoms with Gasteiger partial charge in [0, 0.05) is 11.6 Å². The molecule has 0 saturated carbocycles. The molecule has 1 aromatic carbocycles. The van der Waals surface area contributed by atoms with E-state index in [1.54, 1.807) is 6.92 Å². The first-order valence-corrected chi connectivity index (χ1v) is 4.49. The molecule has 0 aliphatic carbocycles. The lowest BCUT2D eigenvalue weighted by Gasteiger charge is -2.17. The summed E-state index contributed by atoms with van der Waals surface area (Å²) in [4.78, 5) is 0. The lowest BCUT2D eigenvalue weighted by Crippen LogP contribution is -2.25. The number of nitrogen functional groups attached to an aromatic ring is 1. The molecule has 0 aliphatic heterocycles. The summed E-state index contributed by atoms with van der Waals surface area (Å²) in [7, 11) is 0. The van der Waals surface area contributed by atoms with E-state index < -0.39 is 18.0 Å². The third-order valence-corrected chi connectivity index (χ3v) is 2.26. The molecule has 0 spiro atoms. The van der Waals surface area contributed by atoms with Gasteiger partial charge in [-0.25, -0.2) is 4.39 Å². The Morgan fingerprint density at radius 1 is 1.50 bits per heavy atom. The zero-order chi connectivity index (χ0) is 10.9. The molecule has 0 unspecified atom stereocenters. The van der Waals surface area contributed by atoms with Gasteiger partial charge in [-0.3, -0.25) is 0 Å². The van der Waals surface area contributed by atoms with Crippen LogP contribution in [-0.2, 0) is 0 Å². The molecule has 1 rings (SSSR count). The monoisotopic (exact) mass is 218 g/mol. The minimum absolute atomic E-state index is 0.0831. The van der Waals surface area contributed by atoms with Crippen LogP contribution >= 0.6 is 11.6 Å². The maximum absolute atomic E-state index is 12.9. The van der Waals surface area contributed by atoms with Crippen LogP contribution in [0.25, 0.3) is 0 Å². The molecule has 0 radical (unpaired) electrons. The molecule has 14 heavy (non-hydrogen) atoms. The van der Waals surface area contributed by atoms with E-state index in [2.05, 4.69) is 0 Å². The molecule has 0 saturated heterocycles. The quantitative estimate of drug-likeness (QED) is 0.658. The topological polar surface area (TPSA) is 72.3 Å². The molecule has 0 fully saturated rings. The summed E-state index contributed by atoms with van der Waals surface area (Å²) in [5, 5.41) is 9.68. The highest BCUT2D eigenvalue weighted by Crippen LogP contribution is 2.29. The number of anilines is 1. The second-order valence-electron chi connectivity index (χ2n) is 3.19. The summed E-state index contributed by atoms with van der Waals surface area (Å²) in [6.45, 7) is 1.60. The lowest BCUT2D eigenvalue weighted by atomic mass is 10.0. The first-order valence-electron chi connectivity index (χ1n) is 4.11. The molecule has 5 N–H and O–H groups in total. The van der Waals surface area contributed by atoms with Gasteiger partial charge in [-0.15, -0.1) is 0 Å². The van der Waals surface area contributed by atoms with Gasteiger partial charge in [-0.1, -0.05) is 11.6 Å². The van der Waals surface area contributed by atoms with Crippen LogP contribution in [0.2, 0.25) is 5.02 Å². The molecule has 0 amide bonds. The van der Waals surface area contributed by atoms with Crippen molar-refractivity contribution >= 4 is 17.3 Å². The van der Waals surface area contributed by atoms with Crippen LogP contribution in [0.5, 0.6) is 0 Å². The summed E-state index contributed by atoms with van der Waals surface area (Å²) in [6.07, 6.45) is -1.01. The zero-order valence-corrected chi connectivity index (χ0v) is 8.42. The molecule has 0 heterocycles. The van der Waals surface area contributed by atoms with Gasteiger partial charge in [0.15, 0.2) is 0 Å². The second-order valence-corrected chi connectivity index (χ2v) is 3.60. The average molecular weight is 219 g/mol. The van der Waals surface area contributed by atoms with E-state index in [9.17, 15) is 9.50 Å². The molecule has 5 heteroatoms. The van der Waals surface area contributed by atoms with Gasteiger partial charge in [0.25, 0.3) is 0 Å². The Morgan fingerprint density at radius 2 is 2.07 bits per heavy atom. The molecule has 0 bridgehead atoms. The van der Waals surface area contributed by atoms with Crippen molar-refractivity contribution in [2.24, 2.45) is 5.73 Å². The molecular formula is C9H12ClFN2O. The lowest BCUT2D eigenvalue weighted by molar-refractivity contribution is 0.153. The fraction of sp³-hybridized carbons (Fsp3) is 0.333. The van der Waals surface area contributed by atoms with Crippen LogP contribution < -0.4 is 11.5 Å². The standard InChI is InChI=1S/C9H12ClFN2O/c1-4(12)9(14)6-2-5(11)3-7(10)8(6)13/h2-4,9,14H,12-13H2,1H3/t4-,9+/m1/s1. The number of hydrogen-bond acceptors (Lipinski definition) is 3. The summed E-state index contributed by atoms with van der Waals surface area (Å²) in [5.74, 6) is -0.543. The highest BCUT2D eigenvalue weighted by Gasteiger charge is 2.18. The highest BCUT2D eigenvalue weighted by molar-refractivity contribution is 6.33. The first kappa shape index (κ1) is 11.2. The van der Waals surface area contributed by atoms with Crippen molar-refractivity contribution in [3.05, 3.63) is 28.5 Å². The van der Waals surface area contributed by atoms with Crippen LogP contribution in [0.3, 0.4) is 0 Å². The van der Waals surface area contributed by atoms with E-state index in [0.29, 0.717) is 0 Å². The minimum Gasteiger partial charge on any atom is -0.397 e. The fourth-order valence-corrected chi connectivity index (χ4v) is 1.35. The SMILES string of the molecule is C[C@@H](N)[C@H](O)c1cc(F)cc(Cl)c1N. The number of benzene rings is 1. The van der Waals surface area contributed by atoms with Gasteiger partial charge in [-0.05, 0) is 19.1 Å². The van der Waals surface area contributed by atoms with Crippen molar-refractivity contribution < 1.29 is 9.50 Å². The maximum atomic E-state index is 12.9. The highest BCUT2D eigenvalue weighted by atomic mass is 35.5. The van der Waals surface area contributed by atoms with E-state index in [0.717, 1.165) is 12.1 Å². The van der Waals surface area contributed by atoms with E-state index in [4.69, 9.17) is 23.1 Å². The van der Waals surface area contributed by atoms with E-state index >= 15 is 0 Å². The van der Waals surface area contributed by atoms with Crippen molar-refractivity contribution in [1.29, 1.82) is 0 Å². The van der Waals surface area contributed by atoms with Gasteiger partial charge < -0.3 is 16.6 Å². The summed E-state index contributed by atoms with van der Waals surface area (Å²) >= 11 is 5.65. The van der Waals surface area contributed by atoms with E-state index in [-0.39, 0.29) is 16.3 Å². The smallest absolute Gasteiger partial charge is 0.125 e. The normalized spacial score (nSPS) is 15.2. The van der Waals surface area contributed by atoms with Gasteiger partial charge in [0.2, 0.25) is 0 Å². The van der Waals surface area contributed by atoms with Crippen LogP contribution in [0.15, 0.2) is 12.1 Å². The van der Waals surface area contributed by atoms with E-state index in [1.165, 1.54) is 0 Å². The number of rotatable bonds is 2. The molecule has 3 nitrogen and oxygen atoms in total. The fourth-order valence-electron chi connectivity index (χ4n) is 1.13. The van der Waals surface area contributed by atoms with Crippen LogP contribution in [0.1, 0.15) is 18.6 Å². The molecule has 0 aromatic heterocycles. The second kappa shape index (κ2) is 4.13. The molecule has 1 aromatic rings.